The molecule has 24 heavy (non-hydrogen) atoms. The summed E-state index contributed by atoms with van der Waals surface area (Å²) in [7, 11) is 0. The average molecular weight is 324 g/mol. The monoisotopic (exact) mass is 324 g/mol. The Kier molecular flexibility index (Phi) is 5.16. The number of nitrogens with one attached hydrogen (secondary N) is 2. The number of quaternary nitrogens is 1. The van der Waals surface area contributed by atoms with Crippen molar-refractivity contribution < 1.29 is 9.69 Å². The zero-order chi connectivity index (χ0) is 16.9. The van der Waals surface area contributed by atoms with Gasteiger partial charge in [0.2, 0.25) is 0 Å². The van der Waals surface area contributed by atoms with E-state index in [0.29, 0.717) is 6.54 Å². The Morgan fingerprint density at radius 2 is 1.83 bits per heavy atom. The van der Waals surface area contributed by atoms with E-state index in [1.165, 1.54) is 16.2 Å². The van der Waals surface area contributed by atoms with Crippen molar-refractivity contribution >= 4 is 17.3 Å². The van der Waals surface area contributed by atoms with Gasteiger partial charge in [0.1, 0.15) is 0 Å². The number of hydrogen-bond donors (Lipinski definition) is 2. The Bertz CT molecular complexity index is 706. The molecule has 4 heteroatoms. The molecule has 0 aromatic heterocycles. The molecule has 126 valence electrons. The first-order chi connectivity index (χ1) is 11.6. The van der Waals surface area contributed by atoms with Crippen LogP contribution in [-0.4, -0.2) is 38.6 Å². The van der Waals surface area contributed by atoms with Crippen molar-refractivity contribution in [3.63, 3.8) is 0 Å². The van der Waals surface area contributed by atoms with Crippen LogP contribution < -0.4 is 15.1 Å². The van der Waals surface area contributed by atoms with Gasteiger partial charge in [0.05, 0.1) is 26.2 Å². The van der Waals surface area contributed by atoms with Gasteiger partial charge in [0, 0.05) is 11.4 Å². The summed E-state index contributed by atoms with van der Waals surface area (Å²) in [5.74, 6) is 0.0972. The number of hydrogen-bond acceptors (Lipinski definition) is 2. The van der Waals surface area contributed by atoms with Gasteiger partial charge in [-0.2, -0.15) is 0 Å². The first kappa shape index (κ1) is 16.5. The Morgan fingerprint density at radius 3 is 2.54 bits per heavy atom. The first-order valence-electron chi connectivity index (χ1n) is 8.62. The van der Waals surface area contributed by atoms with Crippen molar-refractivity contribution in [1.29, 1.82) is 0 Å². The van der Waals surface area contributed by atoms with Crippen LogP contribution in [0.5, 0.6) is 0 Å². The quantitative estimate of drug-likeness (QED) is 0.897. The van der Waals surface area contributed by atoms with E-state index in [4.69, 9.17) is 0 Å². The predicted molar refractivity (Wildman–Crippen MR) is 98.8 cm³/mol. The Hall–Kier alpha value is -2.33. The van der Waals surface area contributed by atoms with Crippen LogP contribution in [0.3, 0.4) is 0 Å². The SMILES string of the molecule is Cc1cccc(NC(=O)C[NH+]2CCN(c3ccccc3C)CC2)c1. The number of nitrogens with zero attached hydrogens (tertiary/aromatic N) is 1. The van der Waals surface area contributed by atoms with E-state index in [2.05, 4.69) is 41.4 Å². The van der Waals surface area contributed by atoms with Crippen LogP contribution in [-0.2, 0) is 4.79 Å². The van der Waals surface area contributed by atoms with Crippen molar-refractivity contribution in [3.8, 4) is 0 Å². The van der Waals surface area contributed by atoms with E-state index >= 15 is 0 Å². The number of amides is 1. The molecule has 0 radical (unpaired) electrons. The van der Waals surface area contributed by atoms with Crippen LogP contribution >= 0.6 is 0 Å². The minimum Gasteiger partial charge on any atom is -0.360 e. The lowest BCUT2D eigenvalue weighted by molar-refractivity contribution is -0.892. The van der Waals surface area contributed by atoms with Gasteiger partial charge in [-0.25, -0.2) is 0 Å². The van der Waals surface area contributed by atoms with E-state index < -0.39 is 0 Å². The molecular formula is C20H26N3O+. The van der Waals surface area contributed by atoms with Crippen molar-refractivity contribution in [3.05, 3.63) is 59.7 Å². The molecule has 1 aliphatic heterocycles. The van der Waals surface area contributed by atoms with Crippen LogP contribution in [0.15, 0.2) is 48.5 Å². The number of piperazine rings is 1. The summed E-state index contributed by atoms with van der Waals surface area (Å²) in [5, 5.41) is 3.01. The highest BCUT2D eigenvalue weighted by Gasteiger charge is 2.23. The fourth-order valence-corrected chi connectivity index (χ4v) is 3.31. The molecule has 1 saturated heterocycles. The van der Waals surface area contributed by atoms with E-state index in [0.717, 1.165) is 37.4 Å². The highest BCUT2D eigenvalue weighted by Crippen LogP contribution is 2.18. The van der Waals surface area contributed by atoms with Gasteiger partial charge < -0.3 is 15.1 Å². The minimum atomic E-state index is 0.0972. The van der Waals surface area contributed by atoms with Crippen molar-refractivity contribution in [1.82, 2.24) is 0 Å². The molecule has 2 aromatic carbocycles. The summed E-state index contributed by atoms with van der Waals surface area (Å²) < 4.78 is 0. The third kappa shape index (κ3) is 4.15. The maximum Gasteiger partial charge on any atom is 0.279 e. The Labute approximate surface area is 144 Å². The molecule has 2 aromatic rings. The third-order valence-electron chi connectivity index (χ3n) is 4.64. The van der Waals surface area contributed by atoms with Gasteiger partial charge >= 0.3 is 0 Å². The topological polar surface area (TPSA) is 36.8 Å². The maximum absolute atomic E-state index is 12.3. The van der Waals surface area contributed by atoms with E-state index in [1.807, 2.05) is 31.2 Å². The molecule has 3 rings (SSSR count). The number of carbonyl (C=O) groups excluding carboxylic acids is 1. The summed E-state index contributed by atoms with van der Waals surface area (Å²) in [6.07, 6.45) is 0. The Balaban J connectivity index is 1.50. The van der Waals surface area contributed by atoms with Gasteiger partial charge in [-0.3, -0.25) is 4.79 Å². The normalized spacial score (nSPS) is 15.3. The standard InChI is InChI=1S/C20H25N3O/c1-16-6-5-8-18(14-16)21-20(24)15-22-10-12-23(13-11-22)19-9-4-3-7-17(19)2/h3-9,14H,10-13,15H2,1-2H3,(H,21,24)/p+1. The summed E-state index contributed by atoms with van der Waals surface area (Å²) in [6.45, 7) is 8.71. The lowest BCUT2D eigenvalue weighted by Crippen LogP contribution is -3.15. The van der Waals surface area contributed by atoms with E-state index in [-0.39, 0.29) is 5.91 Å². The van der Waals surface area contributed by atoms with Crippen LogP contribution in [0.2, 0.25) is 0 Å². The molecule has 1 heterocycles. The lowest BCUT2D eigenvalue weighted by Gasteiger charge is -2.34. The third-order valence-corrected chi connectivity index (χ3v) is 4.64. The summed E-state index contributed by atoms with van der Waals surface area (Å²) >= 11 is 0. The molecule has 0 atom stereocenters. The maximum atomic E-state index is 12.3. The highest BCUT2D eigenvalue weighted by atomic mass is 16.2. The van der Waals surface area contributed by atoms with Crippen LogP contribution in [0.4, 0.5) is 11.4 Å². The molecule has 0 bridgehead atoms. The van der Waals surface area contributed by atoms with Crippen LogP contribution in [0, 0.1) is 13.8 Å². The second-order valence-corrected chi connectivity index (χ2v) is 6.62. The molecular weight excluding hydrogens is 298 g/mol. The van der Waals surface area contributed by atoms with Gasteiger partial charge in [-0.1, -0.05) is 30.3 Å². The van der Waals surface area contributed by atoms with E-state index in [9.17, 15) is 4.79 Å². The molecule has 0 spiro atoms. The molecule has 1 amide bonds. The molecule has 2 N–H and O–H groups in total. The summed E-state index contributed by atoms with van der Waals surface area (Å²) in [5.41, 5.74) is 4.68. The number of aryl methyl sites for hydroxylation is 2. The number of anilines is 2. The summed E-state index contributed by atoms with van der Waals surface area (Å²) in [6, 6.07) is 16.5. The molecule has 0 aliphatic carbocycles. The minimum absolute atomic E-state index is 0.0972. The lowest BCUT2D eigenvalue weighted by atomic mass is 10.1. The highest BCUT2D eigenvalue weighted by molar-refractivity contribution is 5.91. The fourth-order valence-electron chi connectivity index (χ4n) is 3.31. The second-order valence-electron chi connectivity index (χ2n) is 6.62. The molecule has 1 fully saturated rings. The van der Waals surface area contributed by atoms with Gasteiger partial charge in [0.25, 0.3) is 5.91 Å². The van der Waals surface area contributed by atoms with Crippen LogP contribution in [0.1, 0.15) is 11.1 Å². The number of rotatable bonds is 4. The molecule has 4 nitrogen and oxygen atoms in total. The second kappa shape index (κ2) is 7.49. The number of benzene rings is 2. The van der Waals surface area contributed by atoms with Crippen LogP contribution in [0.25, 0.3) is 0 Å². The predicted octanol–water partition coefficient (Wildman–Crippen LogP) is 1.65. The molecule has 1 aliphatic rings. The zero-order valence-electron chi connectivity index (χ0n) is 14.5. The van der Waals surface area contributed by atoms with Crippen molar-refractivity contribution in [2.24, 2.45) is 0 Å². The number of carbonyl (C=O) groups is 1. The fraction of sp³-hybridized carbons (Fsp3) is 0.350. The van der Waals surface area contributed by atoms with Crippen molar-refractivity contribution in [2.75, 3.05) is 42.9 Å². The van der Waals surface area contributed by atoms with E-state index in [1.54, 1.807) is 0 Å². The smallest absolute Gasteiger partial charge is 0.279 e. The molecule has 0 unspecified atom stereocenters. The van der Waals surface area contributed by atoms with Gasteiger partial charge in [-0.05, 0) is 43.2 Å². The van der Waals surface area contributed by atoms with Gasteiger partial charge in [0.15, 0.2) is 6.54 Å². The van der Waals surface area contributed by atoms with Crippen molar-refractivity contribution in [2.45, 2.75) is 13.8 Å². The average Bonchev–Trinajstić information content (AvgIpc) is 2.56. The zero-order valence-corrected chi connectivity index (χ0v) is 14.5. The molecule has 0 saturated carbocycles. The Morgan fingerprint density at radius 1 is 1.08 bits per heavy atom. The van der Waals surface area contributed by atoms with Gasteiger partial charge in [-0.15, -0.1) is 0 Å². The summed E-state index contributed by atoms with van der Waals surface area (Å²) in [4.78, 5) is 16.0. The first-order valence-corrected chi connectivity index (χ1v) is 8.62. The number of para-hydroxylation sites is 1. The largest absolute Gasteiger partial charge is 0.360 e.